The van der Waals surface area contributed by atoms with Gasteiger partial charge in [0, 0.05) is 30.9 Å². The van der Waals surface area contributed by atoms with Crippen LogP contribution >= 0.6 is 0 Å². The SMILES string of the molecule is CC[C@@H](C)NC(=O)[C@H](C)N(Cc1cccc(OC)c1)C(=O)CCCN1c2cccc3cccc(c23)S1(=O)=O. The van der Waals surface area contributed by atoms with Crippen LogP contribution in [0, 0.1) is 0 Å². The number of nitrogens with one attached hydrogen (secondary N) is 1. The van der Waals surface area contributed by atoms with Crippen LogP contribution in [0.1, 0.15) is 45.6 Å². The Morgan fingerprint density at radius 2 is 1.76 bits per heavy atom. The quantitative estimate of drug-likeness (QED) is 0.389. The molecule has 1 N–H and O–H groups in total. The smallest absolute Gasteiger partial charge is 0.265 e. The minimum atomic E-state index is -3.69. The summed E-state index contributed by atoms with van der Waals surface area (Å²) in [6.45, 7) is 6.03. The summed E-state index contributed by atoms with van der Waals surface area (Å²) < 4.78 is 33.3. The van der Waals surface area contributed by atoms with Crippen molar-refractivity contribution in [3.63, 3.8) is 0 Å². The van der Waals surface area contributed by atoms with E-state index in [1.54, 1.807) is 37.1 Å². The van der Waals surface area contributed by atoms with E-state index in [4.69, 9.17) is 4.74 Å². The molecule has 2 atom stereocenters. The van der Waals surface area contributed by atoms with Gasteiger partial charge in [0.15, 0.2) is 0 Å². The summed E-state index contributed by atoms with van der Waals surface area (Å²) in [5, 5.41) is 4.55. The van der Waals surface area contributed by atoms with E-state index < -0.39 is 16.1 Å². The van der Waals surface area contributed by atoms with Crippen molar-refractivity contribution in [1.29, 1.82) is 0 Å². The minimum Gasteiger partial charge on any atom is -0.497 e. The van der Waals surface area contributed by atoms with E-state index in [1.807, 2.05) is 56.3 Å². The second-order valence-corrected chi connectivity index (χ2v) is 11.5. The van der Waals surface area contributed by atoms with E-state index in [1.165, 1.54) is 4.31 Å². The molecular weight excluding hydrogens is 502 g/mol. The molecule has 0 aliphatic carbocycles. The van der Waals surface area contributed by atoms with Crippen LogP contribution < -0.4 is 14.4 Å². The maximum Gasteiger partial charge on any atom is 0.265 e. The number of benzene rings is 3. The van der Waals surface area contributed by atoms with E-state index >= 15 is 0 Å². The highest BCUT2D eigenvalue weighted by Gasteiger charge is 2.35. The molecule has 0 unspecified atom stereocenters. The molecule has 2 amide bonds. The van der Waals surface area contributed by atoms with Gasteiger partial charge in [-0.3, -0.25) is 13.9 Å². The normalized spacial score (nSPS) is 15.2. The third-order valence-electron chi connectivity index (χ3n) is 7.09. The molecule has 3 aromatic rings. The highest BCUT2D eigenvalue weighted by molar-refractivity contribution is 7.93. The number of amides is 2. The molecule has 1 aliphatic heterocycles. The standard InChI is InChI=1S/C29H35N3O5S/c1-5-20(2)30-29(34)21(3)31(19-22-10-6-13-24(18-22)37-4)27(33)16-9-17-32-25-14-7-11-23-12-8-15-26(28(23)25)38(32,35)36/h6-8,10-15,18,20-21H,5,9,16-17,19H2,1-4H3,(H,30,34)/t20-,21+/m1/s1. The van der Waals surface area contributed by atoms with Gasteiger partial charge in [-0.25, -0.2) is 8.42 Å². The van der Waals surface area contributed by atoms with Crippen molar-refractivity contribution in [1.82, 2.24) is 10.2 Å². The van der Waals surface area contributed by atoms with Crippen LogP contribution in [0.3, 0.4) is 0 Å². The molecule has 0 saturated heterocycles. The molecule has 202 valence electrons. The number of sulfonamides is 1. The zero-order valence-corrected chi connectivity index (χ0v) is 23.1. The lowest BCUT2D eigenvalue weighted by atomic mass is 10.1. The van der Waals surface area contributed by atoms with Crippen molar-refractivity contribution in [3.05, 3.63) is 66.2 Å². The predicted molar refractivity (Wildman–Crippen MR) is 149 cm³/mol. The fraction of sp³-hybridized carbons (Fsp3) is 0.379. The van der Waals surface area contributed by atoms with Crippen LogP contribution in [0.25, 0.3) is 10.8 Å². The van der Waals surface area contributed by atoms with Gasteiger partial charge in [-0.05, 0) is 61.9 Å². The number of rotatable bonds is 11. The van der Waals surface area contributed by atoms with Gasteiger partial charge in [0.05, 0.1) is 17.7 Å². The van der Waals surface area contributed by atoms with Crippen LogP contribution in [-0.4, -0.2) is 50.9 Å². The molecule has 4 rings (SSSR count). The van der Waals surface area contributed by atoms with Gasteiger partial charge < -0.3 is 15.0 Å². The number of carbonyl (C=O) groups excluding carboxylic acids is 2. The molecular formula is C29H35N3O5S. The van der Waals surface area contributed by atoms with Crippen LogP contribution in [0.15, 0.2) is 65.6 Å². The summed E-state index contributed by atoms with van der Waals surface area (Å²) in [5.41, 5.74) is 1.48. The Labute approximate surface area is 224 Å². The topological polar surface area (TPSA) is 96.0 Å². The summed E-state index contributed by atoms with van der Waals surface area (Å²) in [5.74, 6) is 0.228. The van der Waals surface area contributed by atoms with Crippen LogP contribution in [0.4, 0.5) is 5.69 Å². The number of hydrogen-bond donors (Lipinski definition) is 1. The number of methoxy groups -OCH3 is 1. The molecule has 1 heterocycles. The van der Waals surface area contributed by atoms with Gasteiger partial charge in [0.1, 0.15) is 11.8 Å². The van der Waals surface area contributed by atoms with Crippen LogP contribution in [0.5, 0.6) is 5.75 Å². The molecule has 38 heavy (non-hydrogen) atoms. The lowest BCUT2D eigenvalue weighted by Gasteiger charge is -2.30. The van der Waals surface area contributed by atoms with Gasteiger partial charge in [-0.1, -0.05) is 43.3 Å². The van der Waals surface area contributed by atoms with E-state index in [-0.39, 0.29) is 37.4 Å². The highest BCUT2D eigenvalue weighted by Crippen LogP contribution is 2.42. The first-order valence-corrected chi connectivity index (χ1v) is 14.4. The molecule has 0 spiro atoms. The maximum absolute atomic E-state index is 13.5. The van der Waals surface area contributed by atoms with Crippen LogP contribution in [0.2, 0.25) is 0 Å². The van der Waals surface area contributed by atoms with Crippen molar-refractivity contribution in [2.75, 3.05) is 18.0 Å². The Morgan fingerprint density at radius 3 is 2.47 bits per heavy atom. The second-order valence-electron chi connectivity index (χ2n) is 9.68. The Morgan fingerprint density at radius 1 is 1.05 bits per heavy atom. The summed E-state index contributed by atoms with van der Waals surface area (Å²) >= 11 is 0. The molecule has 0 radical (unpaired) electrons. The number of nitrogens with zero attached hydrogens (tertiary/aromatic N) is 2. The second kappa shape index (κ2) is 11.4. The molecule has 9 heteroatoms. The lowest BCUT2D eigenvalue weighted by molar-refractivity contribution is -0.140. The van der Waals surface area contributed by atoms with Crippen molar-refractivity contribution in [3.8, 4) is 5.75 Å². The Hall–Kier alpha value is -3.59. The minimum absolute atomic E-state index is 0.0107. The van der Waals surface area contributed by atoms with Gasteiger partial charge in [-0.2, -0.15) is 0 Å². The van der Waals surface area contributed by atoms with Crippen molar-refractivity contribution >= 4 is 38.3 Å². The number of anilines is 1. The van der Waals surface area contributed by atoms with E-state index in [0.29, 0.717) is 22.8 Å². The number of ether oxygens (including phenoxy) is 1. The fourth-order valence-electron chi connectivity index (χ4n) is 4.73. The Balaban J connectivity index is 1.50. The predicted octanol–water partition coefficient (Wildman–Crippen LogP) is 4.47. The summed E-state index contributed by atoms with van der Waals surface area (Å²) in [6, 6.07) is 17.5. The molecule has 0 bridgehead atoms. The van der Waals surface area contributed by atoms with E-state index in [9.17, 15) is 18.0 Å². The number of hydrogen-bond acceptors (Lipinski definition) is 5. The Kier molecular flexibility index (Phi) is 8.26. The largest absolute Gasteiger partial charge is 0.497 e. The lowest BCUT2D eigenvalue weighted by Crippen LogP contribution is -2.49. The summed E-state index contributed by atoms with van der Waals surface area (Å²) in [4.78, 5) is 28.3. The molecule has 0 saturated carbocycles. The third kappa shape index (κ3) is 5.48. The van der Waals surface area contributed by atoms with Crippen molar-refractivity contribution in [2.45, 2.75) is 63.6 Å². The first-order valence-electron chi connectivity index (χ1n) is 12.9. The van der Waals surface area contributed by atoms with E-state index in [0.717, 1.165) is 22.8 Å². The van der Waals surface area contributed by atoms with E-state index in [2.05, 4.69) is 5.32 Å². The van der Waals surface area contributed by atoms with Crippen LogP contribution in [-0.2, 0) is 26.2 Å². The highest BCUT2D eigenvalue weighted by atomic mass is 32.2. The van der Waals surface area contributed by atoms with Gasteiger partial charge in [0.25, 0.3) is 10.0 Å². The molecule has 3 aromatic carbocycles. The van der Waals surface area contributed by atoms with Gasteiger partial charge in [0.2, 0.25) is 11.8 Å². The third-order valence-corrected chi connectivity index (χ3v) is 8.94. The monoisotopic (exact) mass is 537 g/mol. The first kappa shape index (κ1) is 27.4. The zero-order valence-electron chi connectivity index (χ0n) is 22.3. The molecule has 8 nitrogen and oxygen atoms in total. The van der Waals surface area contributed by atoms with Crippen molar-refractivity contribution < 1.29 is 22.7 Å². The molecule has 1 aliphatic rings. The zero-order chi connectivity index (χ0) is 27.4. The van der Waals surface area contributed by atoms with Crippen molar-refractivity contribution in [2.24, 2.45) is 0 Å². The summed E-state index contributed by atoms with van der Waals surface area (Å²) in [7, 11) is -2.11. The van der Waals surface area contributed by atoms with Gasteiger partial charge >= 0.3 is 0 Å². The first-order chi connectivity index (χ1) is 18.2. The van der Waals surface area contributed by atoms with Gasteiger partial charge in [-0.15, -0.1) is 0 Å². The average molecular weight is 538 g/mol. The Bertz CT molecular complexity index is 1430. The maximum atomic E-state index is 13.5. The summed E-state index contributed by atoms with van der Waals surface area (Å²) in [6.07, 6.45) is 1.20. The number of carbonyl (C=O) groups is 2. The average Bonchev–Trinajstić information content (AvgIpc) is 3.14. The fourth-order valence-corrected chi connectivity index (χ4v) is 6.48. The molecule has 0 aromatic heterocycles. The molecule has 0 fully saturated rings.